The highest BCUT2D eigenvalue weighted by Gasteiger charge is 2.38. The van der Waals surface area contributed by atoms with Crippen LogP contribution in [0.4, 0.5) is 0 Å². The first-order valence-corrected chi connectivity index (χ1v) is 8.14. The second-order valence-corrected chi connectivity index (χ2v) is 5.59. The number of allylic oxidation sites excluding steroid dienone is 1. The van der Waals surface area contributed by atoms with E-state index in [1.165, 1.54) is 24.8 Å². The van der Waals surface area contributed by atoms with E-state index in [-0.39, 0.29) is 5.54 Å². The van der Waals surface area contributed by atoms with E-state index in [2.05, 4.69) is 58.3 Å². The Labute approximate surface area is 121 Å². The molecule has 0 aliphatic heterocycles. The SMILES string of the molecule is C=C(C)CCC(NCC)C(CC)(CC)N(CC)CC. The molecular weight excluding hydrogens is 232 g/mol. The van der Waals surface area contributed by atoms with Crippen LogP contribution in [0.3, 0.4) is 0 Å². The third-order valence-electron chi connectivity index (χ3n) is 4.58. The summed E-state index contributed by atoms with van der Waals surface area (Å²) in [6.45, 7) is 21.0. The van der Waals surface area contributed by atoms with Gasteiger partial charge in [0.05, 0.1) is 0 Å². The van der Waals surface area contributed by atoms with Crippen LogP contribution in [-0.2, 0) is 0 Å². The molecule has 0 saturated carbocycles. The van der Waals surface area contributed by atoms with Gasteiger partial charge in [-0.3, -0.25) is 4.90 Å². The molecular formula is C17H36N2. The summed E-state index contributed by atoms with van der Waals surface area (Å²) >= 11 is 0. The number of hydrogen-bond donors (Lipinski definition) is 1. The van der Waals surface area contributed by atoms with Crippen molar-refractivity contribution >= 4 is 0 Å². The summed E-state index contributed by atoms with van der Waals surface area (Å²) in [6.07, 6.45) is 4.74. The van der Waals surface area contributed by atoms with Crippen molar-refractivity contribution in [3.05, 3.63) is 12.2 Å². The lowest BCUT2D eigenvalue weighted by Gasteiger charge is -2.48. The van der Waals surface area contributed by atoms with Crippen molar-refractivity contribution in [3.8, 4) is 0 Å². The van der Waals surface area contributed by atoms with Crippen LogP contribution in [0, 0.1) is 0 Å². The third-order valence-corrected chi connectivity index (χ3v) is 4.58. The van der Waals surface area contributed by atoms with Crippen LogP contribution < -0.4 is 5.32 Å². The van der Waals surface area contributed by atoms with Gasteiger partial charge in [0.2, 0.25) is 0 Å². The smallest absolute Gasteiger partial charge is 0.0357 e. The summed E-state index contributed by atoms with van der Waals surface area (Å²) in [4.78, 5) is 2.65. The molecule has 1 unspecified atom stereocenters. The highest BCUT2D eigenvalue weighted by molar-refractivity contribution is 5.01. The molecule has 2 heteroatoms. The normalized spacial score (nSPS) is 13.8. The molecule has 0 aliphatic rings. The first-order chi connectivity index (χ1) is 9.02. The quantitative estimate of drug-likeness (QED) is 0.564. The number of rotatable bonds is 11. The van der Waals surface area contributed by atoms with Gasteiger partial charge in [0.1, 0.15) is 0 Å². The van der Waals surface area contributed by atoms with Crippen molar-refractivity contribution in [1.29, 1.82) is 0 Å². The molecule has 114 valence electrons. The van der Waals surface area contributed by atoms with E-state index in [1.807, 2.05) is 0 Å². The molecule has 19 heavy (non-hydrogen) atoms. The topological polar surface area (TPSA) is 15.3 Å². The van der Waals surface area contributed by atoms with E-state index >= 15 is 0 Å². The van der Waals surface area contributed by atoms with E-state index < -0.39 is 0 Å². The van der Waals surface area contributed by atoms with Crippen molar-refractivity contribution in [2.75, 3.05) is 19.6 Å². The van der Waals surface area contributed by atoms with Gasteiger partial charge in [0, 0.05) is 11.6 Å². The van der Waals surface area contributed by atoms with Crippen LogP contribution in [0.15, 0.2) is 12.2 Å². The summed E-state index contributed by atoms with van der Waals surface area (Å²) in [5.74, 6) is 0. The summed E-state index contributed by atoms with van der Waals surface area (Å²) < 4.78 is 0. The molecule has 1 atom stereocenters. The van der Waals surface area contributed by atoms with Gasteiger partial charge in [0.15, 0.2) is 0 Å². The van der Waals surface area contributed by atoms with Crippen molar-refractivity contribution in [3.63, 3.8) is 0 Å². The molecule has 0 aromatic carbocycles. The zero-order valence-electron chi connectivity index (χ0n) is 14.2. The lowest BCUT2D eigenvalue weighted by atomic mass is 9.79. The zero-order valence-corrected chi connectivity index (χ0v) is 14.2. The molecule has 0 aromatic rings. The van der Waals surface area contributed by atoms with E-state index in [1.54, 1.807) is 0 Å². The predicted molar refractivity (Wildman–Crippen MR) is 87.7 cm³/mol. The zero-order chi connectivity index (χ0) is 14.9. The third kappa shape index (κ3) is 4.92. The van der Waals surface area contributed by atoms with E-state index in [9.17, 15) is 0 Å². The average molecular weight is 268 g/mol. The van der Waals surface area contributed by atoms with Gasteiger partial charge < -0.3 is 5.32 Å². The number of likely N-dealkylation sites (N-methyl/N-ethyl adjacent to an activating group) is 2. The summed E-state index contributed by atoms with van der Waals surface area (Å²) in [5.41, 5.74) is 1.58. The Morgan fingerprint density at radius 1 is 1.11 bits per heavy atom. The van der Waals surface area contributed by atoms with Crippen molar-refractivity contribution in [2.24, 2.45) is 0 Å². The fraction of sp³-hybridized carbons (Fsp3) is 0.882. The minimum absolute atomic E-state index is 0.287. The predicted octanol–water partition coefficient (Wildman–Crippen LogP) is 4.22. The Bertz CT molecular complexity index is 240. The van der Waals surface area contributed by atoms with Gasteiger partial charge in [-0.2, -0.15) is 0 Å². The van der Waals surface area contributed by atoms with Crippen LogP contribution in [0.2, 0.25) is 0 Å². The lowest BCUT2D eigenvalue weighted by Crippen LogP contribution is -2.60. The Kier molecular flexibility index (Phi) is 9.38. The molecule has 0 heterocycles. The minimum atomic E-state index is 0.287. The van der Waals surface area contributed by atoms with Gasteiger partial charge in [0.25, 0.3) is 0 Å². The van der Waals surface area contributed by atoms with Crippen LogP contribution >= 0.6 is 0 Å². The highest BCUT2D eigenvalue weighted by Crippen LogP contribution is 2.31. The van der Waals surface area contributed by atoms with Crippen LogP contribution in [0.1, 0.15) is 67.2 Å². The largest absolute Gasteiger partial charge is 0.312 e. The Morgan fingerprint density at radius 2 is 1.63 bits per heavy atom. The Balaban J connectivity index is 5.16. The Hall–Kier alpha value is -0.340. The molecule has 0 saturated heterocycles. The monoisotopic (exact) mass is 268 g/mol. The number of nitrogens with one attached hydrogen (secondary N) is 1. The molecule has 0 aliphatic carbocycles. The molecule has 0 fully saturated rings. The van der Waals surface area contributed by atoms with E-state index in [4.69, 9.17) is 0 Å². The van der Waals surface area contributed by atoms with E-state index in [0.717, 1.165) is 26.1 Å². The molecule has 1 N–H and O–H groups in total. The second-order valence-electron chi connectivity index (χ2n) is 5.59. The molecule has 0 rings (SSSR count). The van der Waals surface area contributed by atoms with Crippen LogP contribution in [0.5, 0.6) is 0 Å². The highest BCUT2D eigenvalue weighted by atomic mass is 15.2. The van der Waals surface area contributed by atoms with Gasteiger partial charge in [-0.25, -0.2) is 0 Å². The summed E-state index contributed by atoms with van der Waals surface area (Å²) in [7, 11) is 0. The maximum absolute atomic E-state index is 4.06. The standard InChI is InChI=1S/C17H36N2/c1-8-17(9-2,19(11-4)12-5)16(18-10-3)14-13-15(6)7/h16,18H,6,8-14H2,1-5,7H3. The molecule has 0 amide bonds. The average Bonchev–Trinajstić information content (AvgIpc) is 2.41. The molecule has 0 bridgehead atoms. The Morgan fingerprint density at radius 3 is 1.95 bits per heavy atom. The molecule has 2 nitrogen and oxygen atoms in total. The minimum Gasteiger partial charge on any atom is -0.312 e. The van der Waals surface area contributed by atoms with Crippen LogP contribution in [-0.4, -0.2) is 36.1 Å². The van der Waals surface area contributed by atoms with Gasteiger partial charge >= 0.3 is 0 Å². The van der Waals surface area contributed by atoms with Gasteiger partial charge in [-0.1, -0.05) is 40.2 Å². The molecule has 0 aromatic heterocycles. The van der Waals surface area contributed by atoms with Crippen molar-refractivity contribution < 1.29 is 0 Å². The summed E-state index contributed by atoms with van der Waals surface area (Å²) in [5, 5.41) is 3.75. The number of hydrogen-bond acceptors (Lipinski definition) is 2. The van der Waals surface area contributed by atoms with Crippen LogP contribution in [0.25, 0.3) is 0 Å². The van der Waals surface area contributed by atoms with Gasteiger partial charge in [-0.05, 0) is 52.2 Å². The van der Waals surface area contributed by atoms with E-state index in [0.29, 0.717) is 6.04 Å². The molecule has 0 spiro atoms. The number of nitrogens with zero attached hydrogens (tertiary/aromatic N) is 1. The lowest BCUT2D eigenvalue weighted by molar-refractivity contribution is 0.0468. The fourth-order valence-corrected chi connectivity index (χ4v) is 3.46. The first kappa shape index (κ1) is 18.7. The maximum Gasteiger partial charge on any atom is 0.0357 e. The van der Waals surface area contributed by atoms with Crippen molar-refractivity contribution in [2.45, 2.75) is 78.8 Å². The summed E-state index contributed by atoms with van der Waals surface area (Å²) in [6, 6.07) is 0.559. The van der Waals surface area contributed by atoms with Gasteiger partial charge in [-0.15, -0.1) is 6.58 Å². The van der Waals surface area contributed by atoms with Crippen molar-refractivity contribution in [1.82, 2.24) is 10.2 Å². The first-order valence-electron chi connectivity index (χ1n) is 8.14. The maximum atomic E-state index is 4.06. The fourth-order valence-electron chi connectivity index (χ4n) is 3.46. The molecule has 0 radical (unpaired) electrons. The second kappa shape index (κ2) is 9.55.